The van der Waals surface area contributed by atoms with Gasteiger partial charge in [-0.2, -0.15) is 0 Å². The highest BCUT2D eigenvalue weighted by Gasteiger charge is 2.39. The summed E-state index contributed by atoms with van der Waals surface area (Å²) in [5.74, 6) is 4.85. The second-order valence-corrected chi connectivity index (χ2v) is 8.02. The minimum atomic E-state index is -1.19. The van der Waals surface area contributed by atoms with Crippen LogP contribution in [0.25, 0.3) is 0 Å². The number of carbonyl (C=O) groups is 3. The second kappa shape index (κ2) is 10.5. The van der Waals surface area contributed by atoms with Gasteiger partial charge in [-0.05, 0) is 65.8 Å². The number of benzene rings is 1. The molecule has 0 aliphatic carbocycles. The number of ether oxygens (including phenoxy) is 3. The summed E-state index contributed by atoms with van der Waals surface area (Å²) in [6, 6.07) is 5.23. The van der Waals surface area contributed by atoms with Crippen molar-refractivity contribution in [3.63, 3.8) is 0 Å². The first kappa shape index (κ1) is 24.8. The predicted molar refractivity (Wildman–Crippen MR) is 112 cm³/mol. The predicted octanol–water partition coefficient (Wildman–Crippen LogP) is 2.66. The summed E-state index contributed by atoms with van der Waals surface area (Å²) in [4.78, 5) is 37.2. The van der Waals surface area contributed by atoms with E-state index in [0.29, 0.717) is 11.3 Å². The molecule has 1 atom stereocenters. The van der Waals surface area contributed by atoms with E-state index in [9.17, 15) is 14.4 Å². The number of hydrogen-bond donors (Lipinski definition) is 2. The molecule has 0 spiro atoms. The van der Waals surface area contributed by atoms with Gasteiger partial charge < -0.3 is 24.8 Å². The zero-order valence-corrected chi connectivity index (χ0v) is 18.5. The van der Waals surface area contributed by atoms with E-state index in [4.69, 9.17) is 14.2 Å². The molecule has 8 heteroatoms. The van der Waals surface area contributed by atoms with Crippen LogP contribution in [0.5, 0.6) is 5.75 Å². The summed E-state index contributed by atoms with van der Waals surface area (Å²) in [5, 5.41) is 5.23. The van der Waals surface area contributed by atoms with Gasteiger partial charge in [0, 0.05) is 5.56 Å². The van der Waals surface area contributed by atoms with Crippen LogP contribution in [0.4, 0.5) is 4.79 Å². The van der Waals surface area contributed by atoms with Crippen molar-refractivity contribution in [3.8, 4) is 17.6 Å². The Labute approximate surface area is 177 Å². The van der Waals surface area contributed by atoms with Crippen molar-refractivity contribution < 1.29 is 28.6 Å². The molecule has 1 rings (SSSR count). The molecule has 8 nitrogen and oxygen atoms in total. The minimum absolute atomic E-state index is 0.247. The monoisotopic (exact) mass is 418 g/mol. The van der Waals surface area contributed by atoms with Crippen LogP contribution in [0.1, 0.15) is 51.9 Å². The molecule has 0 aliphatic rings. The standard InChI is InChI=1S/C22H30N2O6/c1-8-9-14-29-16-12-10-15(11-13-16)18(25)23-17(19(26)28-7)22(5,6)24-20(27)30-21(2,3)4/h10-13,17H,14H2,1-7H3,(H,23,25)(H,24,27)/t17-/m0/s1. The van der Waals surface area contributed by atoms with Crippen LogP contribution in [0.3, 0.4) is 0 Å². The van der Waals surface area contributed by atoms with E-state index in [1.807, 2.05) is 0 Å². The van der Waals surface area contributed by atoms with Gasteiger partial charge in [0.2, 0.25) is 0 Å². The molecule has 1 aromatic carbocycles. The van der Waals surface area contributed by atoms with E-state index in [2.05, 4.69) is 22.5 Å². The molecule has 0 radical (unpaired) electrons. The minimum Gasteiger partial charge on any atom is -0.481 e. The fraction of sp³-hybridized carbons (Fsp3) is 0.500. The lowest BCUT2D eigenvalue weighted by atomic mass is 9.94. The molecular formula is C22H30N2O6. The van der Waals surface area contributed by atoms with Crippen LogP contribution in [0.15, 0.2) is 24.3 Å². The molecule has 1 aromatic rings. The lowest BCUT2D eigenvalue weighted by Gasteiger charge is -2.34. The highest BCUT2D eigenvalue weighted by Crippen LogP contribution is 2.16. The van der Waals surface area contributed by atoms with Crippen molar-refractivity contribution in [1.82, 2.24) is 10.6 Å². The third kappa shape index (κ3) is 8.03. The molecule has 0 aliphatic heterocycles. The smallest absolute Gasteiger partial charge is 0.408 e. The first-order valence-electron chi connectivity index (χ1n) is 9.42. The van der Waals surface area contributed by atoms with E-state index in [1.165, 1.54) is 7.11 Å². The van der Waals surface area contributed by atoms with Crippen LogP contribution in [0.2, 0.25) is 0 Å². The summed E-state index contributed by atoms with van der Waals surface area (Å²) in [6.07, 6.45) is -0.715. The largest absolute Gasteiger partial charge is 0.481 e. The number of hydrogen-bond acceptors (Lipinski definition) is 6. The van der Waals surface area contributed by atoms with Gasteiger partial charge in [0.15, 0.2) is 0 Å². The maximum absolute atomic E-state index is 12.7. The second-order valence-electron chi connectivity index (χ2n) is 8.02. The van der Waals surface area contributed by atoms with E-state index in [-0.39, 0.29) is 6.61 Å². The van der Waals surface area contributed by atoms with E-state index >= 15 is 0 Å². The molecular weight excluding hydrogens is 388 g/mol. The number of esters is 1. The highest BCUT2D eigenvalue weighted by molar-refractivity contribution is 5.97. The summed E-state index contributed by atoms with van der Waals surface area (Å²) in [6.45, 7) is 10.3. The number of amides is 2. The summed E-state index contributed by atoms with van der Waals surface area (Å²) in [7, 11) is 1.20. The van der Waals surface area contributed by atoms with Crippen LogP contribution in [-0.2, 0) is 14.3 Å². The van der Waals surface area contributed by atoms with Crippen LogP contribution in [0, 0.1) is 11.8 Å². The lowest BCUT2D eigenvalue weighted by Crippen LogP contribution is -2.62. The first-order chi connectivity index (χ1) is 13.9. The molecule has 0 bridgehead atoms. The molecule has 0 aromatic heterocycles. The Morgan fingerprint density at radius 2 is 1.67 bits per heavy atom. The maximum atomic E-state index is 12.7. The van der Waals surface area contributed by atoms with Crippen molar-refractivity contribution in [3.05, 3.63) is 29.8 Å². The third-order valence-corrected chi connectivity index (χ3v) is 3.86. The first-order valence-corrected chi connectivity index (χ1v) is 9.42. The number of rotatable bonds is 7. The van der Waals surface area contributed by atoms with Crippen LogP contribution < -0.4 is 15.4 Å². The number of nitrogens with one attached hydrogen (secondary N) is 2. The van der Waals surface area contributed by atoms with Crippen LogP contribution in [-0.4, -0.2) is 48.9 Å². The molecule has 0 heterocycles. The zero-order valence-electron chi connectivity index (χ0n) is 18.5. The van der Waals surface area contributed by atoms with Gasteiger partial charge in [-0.1, -0.05) is 5.92 Å². The molecule has 2 N–H and O–H groups in total. The molecule has 0 saturated heterocycles. The average Bonchev–Trinajstić information content (AvgIpc) is 2.63. The van der Waals surface area contributed by atoms with E-state index in [1.54, 1.807) is 65.8 Å². The summed E-state index contributed by atoms with van der Waals surface area (Å²) in [5.41, 5.74) is -1.59. The van der Waals surface area contributed by atoms with Gasteiger partial charge in [-0.25, -0.2) is 9.59 Å². The van der Waals surface area contributed by atoms with E-state index in [0.717, 1.165) is 0 Å². The maximum Gasteiger partial charge on any atom is 0.408 e. The third-order valence-electron chi connectivity index (χ3n) is 3.86. The molecule has 164 valence electrons. The lowest BCUT2D eigenvalue weighted by molar-refractivity contribution is -0.144. The van der Waals surface area contributed by atoms with Crippen molar-refractivity contribution in [2.75, 3.05) is 13.7 Å². The molecule has 0 unspecified atom stereocenters. The Bertz CT molecular complexity index is 813. The number of carbonyl (C=O) groups excluding carboxylic acids is 3. The van der Waals surface area contributed by atoms with Crippen LogP contribution >= 0.6 is 0 Å². The van der Waals surface area contributed by atoms with E-state index < -0.39 is 35.2 Å². The average molecular weight is 418 g/mol. The number of methoxy groups -OCH3 is 1. The Morgan fingerprint density at radius 1 is 1.07 bits per heavy atom. The van der Waals surface area contributed by atoms with Gasteiger partial charge in [-0.15, -0.1) is 5.92 Å². The van der Waals surface area contributed by atoms with Crippen molar-refractivity contribution in [2.24, 2.45) is 0 Å². The quantitative estimate of drug-likeness (QED) is 0.521. The Morgan fingerprint density at radius 3 is 2.17 bits per heavy atom. The van der Waals surface area contributed by atoms with Crippen molar-refractivity contribution in [2.45, 2.75) is 58.7 Å². The van der Waals surface area contributed by atoms with Gasteiger partial charge in [0.1, 0.15) is 24.0 Å². The Balaban J connectivity index is 2.93. The van der Waals surface area contributed by atoms with Gasteiger partial charge in [-0.3, -0.25) is 4.79 Å². The summed E-state index contributed by atoms with van der Waals surface area (Å²) < 4.78 is 15.5. The molecule has 30 heavy (non-hydrogen) atoms. The Hall–Kier alpha value is -3.21. The van der Waals surface area contributed by atoms with Gasteiger partial charge in [0.05, 0.1) is 12.6 Å². The number of alkyl carbamates (subject to hydrolysis) is 1. The molecule has 0 saturated carbocycles. The summed E-state index contributed by atoms with van der Waals surface area (Å²) >= 11 is 0. The fourth-order valence-electron chi connectivity index (χ4n) is 2.40. The normalized spacial score (nSPS) is 12.0. The molecule has 2 amide bonds. The van der Waals surface area contributed by atoms with Crippen molar-refractivity contribution >= 4 is 18.0 Å². The highest BCUT2D eigenvalue weighted by atomic mass is 16.6. The van der Waals surface area contributed by atoms with Gasteiger partial charge >= 0.3 is 12.1 Å². The van der Waals surface area contributed by atoms with Crippen molar-refractivity contribution in [1.29, 1.82) is 0 Å². The Kier molecular flexibility index (Phi) is 8.72. The fourth-order valence-corrected chi connectivity index (χ4v) is 2.40. The SMILES string of the molecule is CC#CCOc1ccc(C(=O)N[C@@H](C(=O)OC)C(C)(C)NC(=O)OC(C)(C)C)cc1. The van der Waals surface area contributed by atoms with Gasteiger partial charge in [0.25, 0.3) is 5.91 Å². The zero-order chi connectivity index (χ0) is 22.9. The molecule has 0 fully saturated rings. The topological polar surface area (TPSA) is 103 Å².